The molecule has 2 aromatic heterocycles. The number of fused-ring (bicyclic) bond motifs is 1. The van der Waals surface area contributed by atoms with Gasteiger partial charge in [0.15, 0.2) is 6.10 Å². The number of carbonyl (C=O) groups is 2. The van der Waals surface area contributed by atoms with Crippen molar-refractivity contribution in [1.29, 1.82) is 0 Å². The number of rotatable bonds is 5. The molecule has 2 aromatic carbocycles. The number of carbonyl (C=O) groups excluding carboxylic acids is 1. The van der Waals surface area contributed by atoms with E-state index in [9.17, 15) is 31.9 Å². The molecular weight excluding hydrogens is 557 g/mol. The minimum atomic E-state index is -5.08. The van der Waals surface area contributed by atoms with Crippen molar-refractivity contribution in [3.05, 3.63) is 78.1 Å². The molecular formula is C26H22F5N5O5. The summed E-state index contributed by atoms with van der Waals surface area (Å²) in [6, 6.07) is 15.4. The third-order valence-corrected chi connectivity index (χ3v) is 6.05. The molecule has 10 nitrogen and oxygen atoms in total. The zero-order valence-corrected chi connectivity index (χ0v) is 21.0. The Labute approximate surface area is 228 Å². The van der Waals surface area contributed by atoms with Crippen LogP contribution in [0.5, 0.6) is 5.88 Å². The van der Waals surface area contributed by atoms with Crippen LogP contribution in [0, 0.1) is 0 Å². The molecule has 1 saturated heterocycles. The van der Waals surface area contributed by atoms with Crippen LogP contribution in [0.4, 0.5) is 22.0 Å². The quantitative estimate of drug-likeness (QED) is 0.341. The molecule has 41 heavy (non-hydrogen) atoms. The van der Waals surface area contributed by atoms with Crippen LogP contribution in [0.2, 0.25) is 0 Å². The maximum Gasteiger partial charge on any atom is 0.490 e. The fourth-order valence-electron chi connectivity index (χ4n) is 3.97. The van der Waals surface area contributed by atoms with E-state index in [1.165, 1.54) is 28.2 Å². The topological polar surface area (TPSA) is 131 Å². The highest BCUT2D eigenvalue weighted by molar-refractivity contribution is 5.98. The van der Waals surface area contributed by atoms with Crippen LogP contribution < -0.4 is 4.74 Å². The average molecular weight is 579 g/mol. The summed E-state index contributed by atoms with van der Waals surface area (Å²) in [6.45, 7) is -0.744. The van der Waals surface area contributed by atoms with E-state index in [2.05, 4.69) is 15.2 Å². The van der Waals surface area contributed by atoms with Gasteiger partial charge >= 0.3 is 12.1 Å². The number of aliphatic carboxylic acids is 1. The molecule has 0 radical (unpaired) electrons. The van der Waals surface area contributed by atoms with E-state index >= 15 is 0 Å². The number of piperidine rings is 1. The lowest BCUT2D eigenvalue weighted by Crippen LogP contribution is -2.55. The van der Waals surface area contributed by atoms with Crippen LogP contribution in [0.3, 0.4) is 0 Å². The first-order valence-electron chi connectivity index (χ1n) is 12.0. The predicted octanol–water partition coefficient (Wildman–Crippen LogP) is 3.87. The second-order valence-electron chi connectivity index (χ2n) is 8.84. The fourth-order valence-corrected chi connectivity index (χ4v) is 3.97. The van der Waals surface area contributed by atoms with Crippen LogP contribution in [-0.4, -0.2) is 78.3 Å². The number of aliphatic hydroxyl groups excluding tert-OH is 1. The molecule has 0 bridgehead atoms. The number of benzene rings is 2. The Morgan fingerprint density at radius 1 is 1.05 bits per heavy atom. The summed E-state index contributed by atoms with van der Waals surface area (Å²) in [6.07, 6.45) is -4.26. The molecule has 5 rings (SSSR count). The van der Waals surface area contributed by atoms with Gasteiger partial charge in [-0.2, -0.15) is 28.2 Å². The first-order chi connectivity index (χ1) is 19.4. The molecule has 216 valence electrons. The summed E-state index contributed by atoms with van der Waals surface area (Å²) in [5.41, 5.74) is 1.73. The number of alkyl halides is 5. The van der Waals surface area contributed by atoms with Crippen LogP contribution in [-0.2, 0) is 11.4 Å². The van der Waals surface area contributed by atoms with Gasteiger partial charge in [0.05, 0.1) is 42.3 Å². The lowest BCUT2D eigenvalue weighted by Gasteiger charge is -2.38. The van der Waals surface area contributed by atoms with Gasteiger partial charge in [-0.25, -0.2) is 18.6 Å². The van der Waals surface area contributed by atoms with Gasteiger partial charge < -0.3 is 19.8 Å². The van der Waals surface area contributed by atoms with Crippen molar-refractivity contribution in [3.8, 4) is 11.6 Å². The number of hydrogen-bond donors (Lipinski definition) is 2. The molecule has 1 fully saturated rings. The summed E-state index contributed by atoms with van der Waals surface area (Å²) in [5.74, 6) is -6.30. The molecule has 0 aliphatic carbocycles. The van der Waals surface area contributed by atoms with E-state index in [1.807, 2.05) is 12.1 Å². The van der Waals surface area contributed by atoms with Crippen LogP contribution >= 0.6 is 0 Å². The number of likely N-dealkylation sites (tertiary alicyclic amines) is 1. The van der Waals surface area contributed by atoms with Gasteiger partial charge in [-0.1, -0.05) is 24.3 Å². The highest BCUT2D eigenvalue weighted by atomic mass is 19.4. The fraction of sp³-hybridized carbons (Fsp3) is 0.269. The smallest absolute Gasteiger partial charge is 0.475 e. The molecule has 1 amide bonds. The molecule has 2 N–H and O–H groups in total. The second kappa shape index (κ2) is 11.8. The average Bonchev–Trinajstić information content (AvgIpc) is 3.48. The summed E-state index contributed by atoms with van der Waals surface area (Å²) in [5, 5.41) is 25.7. The maximum atomic E-state index is 14.8. The Bertz CT molecular complexity index is 1530. The second-order valence-corrected chi connectivity index (χ2v) is 8.84. The van der Waals surface area contributed by atoms with Crippen LogP contribution in [0.1, 0.15) is 22.3 Å². The number of nitrogens with zero attached hydrogens (tertiary/aromatic N) is 5. The molecule has 1 atom stereocenters. The van der Waals surface area contributed by atoms with Crippen molar-refractivity contribution in [2.75, 3.05) is 13.1 Å². The van der Waals surface area contributed by atoms with Gasteiger partial charge in [0, 0.05) is 24.4 Å². The zero-order chi connectivity index (χ0) is 29.8. The monoisotopic (exact) mass is 579 g/mol. The Hall–Kier alpha value is -4.66. The largest absolute Gasteiger partial charge is 0.490 e. The van der Waals surface area contributed by atoms with Crippen molar-refractivity contribution in [2.24, 2.45) is 0 Å². The molecule has 0 saturated carbocycles. The van der Waals surface area contributed by atoms with Gasteiger partial charge in [-0.05, 0) is 29.8 Å². The number of aromatic nitrogens is 4. The minimum absolute atomic E-state index is 0.0707. The highest BCUT2D eigenvalue weighted by Crippen LogP contribution is 2.33. The summed E-state index contributed by atoms with van der Waals surface area (Å²) >= 11 is 0. The number of hydrogen-bond acceptors (Lipinski definition) is 7. The van der Waals surface area contributed by atoms with E-state index in [0.717, 1.165) is 5.39 Å². The molecule has 0 spiro atoms. The molecule has 3 heterocycles. The standard InChI is InChI=1S/C24H21F2N5O3.C2HF3O2/c25-24(26)9-12-30(14-21(24)34-22-8-6-17-3-1-2-4-19(17)29-22)23(33)18-13-16(15-32)5-7-20(18)31-27-10-11-28-31;3-2(4,5)1(6)7/h1-8,10-11,13,21,32H,9,12,14-15H2;(H,6,7). The van der Waals surface area contributed by atoms with Gasteiger partial charge in [0.25, 0.3) is 11.8 Å². The highest BCUT2D eigenvalue weighted by Gasteiger charge is 2.47. The molecule has 1 aliphatic rings. The van der Waals surface area contributed by atoms with E-state index < -0.39 is 36.5 Å². The SMILES string of the molecule is O=C(O)C(F)(F)F.O=C(c1cc(CO)ccc1-n1nccn1)N1CCC(F)(F)C(Oc2ccc3ccccc3n2)C1. The molecule has 4 aromatic rings. The third-order valence-electron chi connectivity index (χ3n) is 6.05. The lowest BCUT2D eigenvalue weighted by atomic mass is 10.0. The van der Waals surface area contributed by atoms with Gasteiger partial charge in [-0.3, -0.25) is 4.79 Å². The van der Waals surface area contributed by atoms with Crippen molar-refractivity contribution in [2.45, 2.75) is 31.2 Å². The molecule has 15 heteroatoms. The summed E-state index contributed by atoms with van der Waals surface area (Å²) in [7, 11) is 0. The third kappa shape index (κ3) is 6.92. The number of para-hydroxylation sites is 1. The Morgan fingerprint density at radius 2 is 1.73 bits per heavy atom. The lowest BCUT2D eigenvalue weighted by molar-refractivity contribution is -0.192. The number of ether oxygens (including phenoxy) is 1. The Balaban J connectivity index is 0.000000493. The number of carboxylic acid groups (broad SMARTS) is 1. The normalized spacial score (nSPS) is 16.5. The number of aliphatic hydroxyl groups is 1. The summed E-state index contributed by atoms with van der Waals surface area (Å²) in [4.78, 5) is 29.3. The van der Waals surface area contributed by atoms with Crippen LogP contribution in [0.25, 0.3) is 16.6 Å². The number of halogens is 5. The van der Waals surface area contributed by atoms with Crippen molar-refractivity contribution >= 4 is 22.8 Å². The van der Waals surface area contributed by atoms with Gasteiger partial charge in [-0.15, -0.1) is 0 Å². The van der Waals surface area contributed by atoms with E-state index in [1.54, 1.807) is 36.4 Å². The Morgan fingerprint density at radius 3 is 2.39 bits per heavy atom. The summed E-state index contributed by atoms with van der Waals surface area (Å²) < 4.78 is 66.9. The number of amides is 1. The van der Waals surface area contributed by atoms with Gasteiger partial charge in [0.2, 0.25) is 5.88 Å². The van der Waals surface area contributed by atoms with E-state index in [0.29, 0.717) is 16.8 Å². The Kier molecular flexibility index (Phi) is 8.47. The maximum absolute atomic E-state index is 14.8. The minimum Gasteiger partial charge on any atom is -0.475 e. The van der Waals surface area contributed by atoms with Crippen molar-refractivity contribution in [3.63, 3.8) is 0 Å². The zero-order valence-electron chi connectivity index (χ0n) is 21.0. The first kappa shape index (κ1) is 29.3. The number of pyridine rings is 1. The number of carboxylic acids is 1. The van der Waals surface area contributed by atoms with Gasteiger partial charge in [0.1, 0.15) is 0 Å². The van der Waals surface area contributed by atoms with E-state index in [-0.39, 0.29) is 31.1 Å². The van der Waals surface area contributed by atoms with Crippen molar-refractivity contribution in [1.82, 2.24) is 24.9 Å². The molecule has 1 aliphatic heterocycles. The van der Waals surface area contributed by atoms with Crippen molar-refractivity contribution < 1.29 is 46.5 Å². The van der Waals surface area contributed by atoms with E-state index in [4.69, 9.17) is 14.6 Å². The first-order valence-corrected chi connectivity index (χ1v) is 12.0. The molecule has 1 unspecified atom stereocenters. The predicted molar refractivity (Wildman–Crippen MR) is 133 cm³/mol. The van der Waals surface area contributed by atoms with Crippen LogP contribution in [0.15, 0.2) is 67.0 Å².